The zero-order valence-electron chi connectivity index (χ0n) is 13.0. The summed E-state index contributed by atoms with van der Waals surface area (Å²) in [6.45, 7) is 3.75. The highest BCUT2D eigenvalue weighted by atomic mass is 35.5. The number of halogens is 1. The fourth-order valence-electron chi connectivity index (χ4n) is 3.69. The highest BCUT2D eigenvalue weighted by Gasteiger charge is 2.31. The molecule has 0 spiro atoms. The van der Waals surface area contributed by atoms with E-state index >= 15 is 0 Å². The molecule has 1 aromatic rings. The SMILES string of the molecule is CN1CCC(CCNC2CC(c3ccccc3Cl)C2)CC1. The molecule has 0 radical (unpaired) electrons. The van der Waals surface area contributed by atoms with Crippen molar-refractivity contribution >= 4 is 11.6 Å². The van der Waals surface area contributed by atoms with Gasteiger partial charge in [-0.15, -0.1) is 0 Å². The molecule has 1 aliphatic heterocycles. The molecule has 116 valence electrons. The molecule has 3 heteroatoms. The summed E-state index contributed by atoms with van der Waals surface area (Å²) in [5.41, 5.74) is 1.34. The number of piperidine rings is 1. The van der Waals surface area contributed by atoms with E-state index in [0.717, 1.165) is 10.9 Å². The van der Waals surface area contributed by atoms with Gasteiger partial charge in [-0.25, -0.2) is 0 Å². The van der Waals surface area contributed by atoms with E-state index in [0.29, 0.717) is 12.0 Å². The van der Waals surface area contributed by atoms with Gasteiger partial charge in [-0.2, -0.15) is 0 Å². The quantitative estimate of drug-likeness (QED) is 0.887. The van der Waals surface area contributed by atoms with Crippen LogP contribution in [0.4, 0.5) is 0 Å². The number of benzene rings is 1. The van der Waals surface area contributed by atoms with Gasteiger partial charge in [0.2, 0.25) is 0 Å². The van der Waals surface area contributed by atoms with E-state index in [2.05, 4.69) is 29.4 Å². The van der Waals surface area contributed by atoms with Gasteiger partial charge in [0.25, 0.3) is 0 Å². The second-order valence-electron chi connectivity index (χ2n) is 6.88. The Labute approximate surface area is 133 Å². The minimum absolute atomic E-state index is 0.666. The average molecular weight is 307 g/mol. The summed E-state index contributed by atoms with van der Waals surface area (Å²) < 4.78 is 0. The Kier molecular flexibility index (Phi) is 5.20. The zero-order valence-corrected chi connectivity index (χ0v) is 13.8. The Morgan fingerprint density at radius 3 is 2.62 bits per heavy atom. The average Bonchev–Trinajstić information content (AvgIpc) is 2.45. The van der Waals surface area contributed by atoms with Crippen molar-refractivity contribution < 1.29 is 0 Å². The predicted molar refractivity (Wildman–Crippen MR) is 90.1 cm³/mol. The topological polar surface area (TPSA) is 15.3 Å². The normalized spacial score (nSPS) is 27.5. The summed E-state index contributed by atoms with van der Waals surface area (Å²) in [6, 6.07) is 9.01. The third kappa shape index (κ3) is 4.00. The Morgan fingerprint density at radius 2 is 1.90 bits per heavy atom. The van der Waals surface area contributed by atoms with Crippen LogP contribution in [0.3, 0.4) is 0 Å². The van der Waals surface area contributed by atoms with Gasteiger partial charge in [0.15, 0.2) is 0 Å². The molecule has 1 aliphatic carbocycles. The second kappa shape index (κ2) is 7.13. The molecule has 0 bridgehead atoms. The Balaban J connectivity index is 1.33. The van der Waals surface area contributed by atoms with Crippen molar-refractivity contribution in [1.29, 1.82) is 0 Å². The van der Waals surface area contributed by atoms with Crippen molar-refractivity contribution in [3.8, 4) is 0 Å². The Hall–Kier alpha value is -0.570. The predicted octanol–water partition coefficient (Wildman–Crippen LogP) is 3.91. The minimum atomic E-state index is 0.666. The summed E-state index contributed by atoms with van der Waals surface area (Å²) >= 11 is 6.27. The van der Waals surface area contributed by atoms with Gasteiger partial charge in [0, 0.05) is 11.1 Å². The highest BCUT2D eigenvalue weighted by molar-refractivity contribution is 6.31. The lowest BCUT2D eigenvalue weighted by Gasteiger charge is -2.37. The summed E-state index contributed by atoms with van der Waals surface area (Å²) in [6.07, 6.45) is 6.60. The molecule has 0 amide bonds. The van der Waals surface area contributed by atoms with E-state index in [9.17, 15) is 0 Å². The van der Waals surface area contributed by atoms with Gasteiger partial charge in [-0.1, -0.05) is 29.8 Å². The van der Waals surface area contributed by atoms with Gasteiger partial charge in [0.05, 0.1) is 0 Å². The van der Waals surface area contributed by atoms with Gasteiger partial charge >= 0.3 is 0 Å². The van der Waals surface area contributed by atoms with Crippen LogP contribution in [0.5, 0.6) is 0 Å². The maximum absolute atomic E-state index is 6.27. The zero-order chi connectivity index (χ0) is 14.7. The first kappa shape index (κ1) is 15.3. The van der Waals surface area contributed by atoms with E-state index in [1.807, 2.05) is 12.1 Å². The molecule has 2 aliphatic rings. The number of likely N-dealkylation sites (tertiary alicyclic amines) is 1. The van der Waals surface area contributed by atoms with Crippen molar-refractivity contribution in [3.63, 3.8) is 0 Å². The molecule has 0 atom stereocenters. The standard InChI is InChI=1S/C18H27ClN2/c1-21-10-7-14(8-11-21)6-9-20-16-12-15(13-16)17-4-2-3-5-18(17)19/h2-5,14-16,20H,6-13H2,1H3. The van der Waals surface area contributed by atoms with Gasteiger partial charge in [0.1, 0.15) is 0 Å². The smallest absolute Gasteiger partial charge is 0.0440 e. The molecule has 2 fully saturated rings. The maximum Gasteiger partial charge on any atom is 0.0440 e. The summed E-state index contributed by atoms with van der Waals surface area (Å²) in [4.78, 5) is 2.45. The molecule has 3 rings (SSSR count). The molecule has 1 saturated heterocycles. The minimum Gasteiger partial charge on any atom is -0.314 e. The van der Waals surface area contributed by atoms with Crippen molar-refractivity contribution in [1.82, 2.24) is 10.2 Å². The van der Waals surface area contributed by atoms with Crippen molar-refractivity contribution in [2.24, 2.45) is 5.92 Å². The molecule has 1 heterocycles. The van der Waals surface area contributed by atoms with Crippen LogP contribution >= 0.6 is 11.6 Å². The van der Waals surface area contributed by atoms with E-state index < -0.39 is 0 Å². The van der Waals surface area contributed by atoms with Crippen LogP contribution in [0.15, 0.2) is 24.3 Å². The molecular weight excluding hydrogens is 280 g/mol. The Bertz CT molecular complexity index is 448. The summed E-state index contributed by atoms with van der Waals surface area (Å²) in [7, 11) is 2.23. The van der Waals surface area contributed by atoms with E-state index in [1.54, 1.807) is 0 Å². The summed E-state index contributed by atoms with van der Waals surface area (Å²) in [5, 5.41) is 4.68. The van der Waals surface area contributed by atoms with Crippen molar-refractivity contribution in [2.75, 3.05) is 26.7 Å². The van der Waals surface area contributed by atoms with Crippen LogP contribution in [-0.4, -0.2) is 37.6 Å². The first-order valence-corrected chi connectivity index (χ1v) is 8.76. The second-order valence-corrected chi connectivity index (χ2v) is 7.28. The van der Waals surface area contributed by atoms with Crippen LogP contribution in [0, 0.1) is 5.92 Å². The molecule has 0 unspecified atom stereocenters. The molecule has 1 aromatic carbocycles. The lowest BCUT2D eigenvalue weighted by atomic mass is 9.76. The molecule has 21 heavy (non-hydrogen) atoms. The maximum atomic E-state index is 6.27. The van der Waals surface area contributed by atoms with Crippen LogP contribution in [0.1, 0.15) is 43.6 Å². The first-order valence-electron chi connectivity index (χ1n) is 8.38. The van der Waals surface area contributed by atoms with Gasteiger partial charge < -0.3 is 10.2 Å². The lowest BCUT2D eigenvalue weighted by Crippen LogP contribution is -2.41. The van der Waals surface area contributed by atoms with Crippen LogP contribution < -0.4 is 5.32 Å². The van der Waals surface area contributed by atoms with Crippen molar-refractivity contribution in [2.45, 2.75) is 44.1 Å². The molecule has 1 N–H and O–H groups in total. The fourth-order valence-corrected chi connectivity index (χ4v) is 3.98. The number of nitrogens with zero attached hydrogens (tertiary/aromatic N) is 1. The first-order chi connectivity index (χ1) is 10.2. The van der Waals surface area contributed by atoms with E-state index in [4.69, 9.17) is 11.6 Å². The van der Waals surface area contributed by atoms with Crippen molar-refractivity contribution in [3.05, 3.63) is 34.9 Å². The van der Waals surface area contributed by atoms with E-state index in [1.165, 1.54) is 57.3 Å². The van der Waals surface area contributed by atoms with Gasteiger partial charge in [-0.3, -0.25) is 0 Å². The molecule has 0 aromatic heterocycles. The third-order valence-electron chi connectivity index (χ3n) is 5.31. The molecule has 1 saturated carbocycles. The van der Waals surface area contributed by atoms with Crippen LogP contribution in [0.25, 0.3) is 0 Å². The number of nitrogens with one attached hydrogen (secondary N) is 1. The van der Waals surface area contributed by atoms with Crippen LogP contribution in [-0.2, 0) is 0 Å². The van der Waals surface area contributed by atoms with Gasteiger partial charge in [-0.05, 0) is 82.3 Å². The van der Waals surface area contributed by atoms with Crippen LogP contribution in [0.2, 0.25) is 5.02 Å². The Morgan fingerprint density at radius 1 is 1.19 bits per heavy atom. The summed E-state index contributed by atoms with van der Waals surface area (Å²) in [5.74, 6) is 1.60. The highest BCUT2D eigenvalue weighted by Crippen LogP contribution is 2.39. The number of hydrogen-bond donors (Lipinski definition) is 1. The number of rotatable bonds is 5. The molecule has 2 nitrogen and oxygen atoms in total. The fraction of sp³-hybridized carbons (Fsp3) is 0.667. The van der Waals surface area contributed by atoms with E-state index in [-0.39, 0.29) is 0 Å². The third-order valence-corrected chi connectivity index (χ3v) is 5.65. The largest absolute Gasteiger partial charge is 0.314 e. The lowest BCUT2D eigenvalue weighted by molar-refractivity contribution is 0.205. The monoisotopic (exact) mass is 306 g/mol. The number of hydrogen-bond acceptors (Lipinski definition) is 2. The molecular formula is C18H27ClN2.